The zero-order valence-electron chi connectivity index (χ0n) is 73.5. The number of thiazole rings is 1. The van der Waals surface area contributed by atoms with E-state index in [0.717, 1.165) is 84.1 Å². The van der Waals surface area contributed by atoms with Crippen molar-refractivity contribution in [3.8, 4) is 0 Å². The van der Waals surface area contributed by atoms with Crippen molar-refractivity contribution in [1.29, 1.82) is 0 Å². The van der Waals surface area contributed by atoms with Crippen molar-refractivity contribution in [2.45, 2.75) is 224 Å². The number of nitrogens with zero attached hydrogens (tertiary/aromatic N) is 14. The number of imidazole rings is 5. The first-order valence-corrected chi connectivity index (χ1v) is 41.7. The number of hydrogen-bond acceptors (Lipinski definition) is 11. The number of benzene rings is 5. The molecule has 0 unspecified atom stereocenters. The molecule has 0 amide bonds. The molecule has 0 atom stereocenters. The van der Waals surface area contributed by atoms with Gasteiger partial charge in [-0.1, -0.05) is 219 Å². The number of pyridine rings is 4. The molecular formula is C96H125ClF3N15S. The Morgan fingerprint density at radius 3 is 1.30 bits per heavy atom. The average Bonchev–Trinajstić information content (AvgIpc) is 1.66. The zero-order valence-corrected chi connectivity index (χ0v) is 75.1. The molecule has 0 spiro atoms. The van der Waals surface area contributed by atoms with E-state index in [2.05, 4.69) is 250 Å². The van der Waals surface area contributed by atoms with Gasteiger partial charge < -0.3 is 23.3 Å². The summed E-state index contributed by atoms with van der Waals surface area (Å²) in [4.78, 5) is 46.5. The van der Waals surface area contributed by atoms with Crippen LogP contribution >= 0.6 is 22.9 Å². The van der Waals surface area contributed by atoms with Crippen molar-refractivity contribution >= 4 is 78.1 Å². The molecule has 15 nitrogen and oxygen atoms in total. The van der Waals surface area contributed by atoms with Crippen LogP contribution < -0.4 is 0 Å². The van der Waals surface area contributed by atoms with Gasteiger partial charge in [0.15, 0.2) is 5.82 Å². The molecule has 20 heteroatoms. The van der Waals surface area contributed by atoms with Crippen molar-refractivity contribution in [2.24, 2.45) is 28.2 Å². The third kappa shape index (κ3) is 27.2. The highest BCUT2D eigenvalue weighted by molar-refractivity contribution is 7.09. The van der Waals surface area contributed by atoms with Crippen molar-refractivity contribution in [1.82, 2.24) is 73.1 Å². The second-order valence-electron chi connectivity index (χ2n) is 32.0. The molecule has 10 heterocycles. The van der Waals surface area contributed by atoms with Crippen LogP contribution in [0.3, 0.4) is 0 Å². The highest BCUT2D eigenvalue weighted by Gasteiger charge is 2.17. The topological polar surface area (TPSA) is 164 Å². The molecule has 10 aromatic heterocycles. The number of rotatable bonds is 11. The largest absolute Gasteiger partial charge is 0.342 e. The summed E-state index contributed by atoms with van der Waals surface area (Å²) in [6.07, 6.45) is 9.17. The minimum absolute atomic E-state index is 0.204. The van der Waals surface area contributed by atoms with Crippen molar-refractivity contribution in [3.05, 3.63) is 285 Å². The van der Waals surface area contributed by atoms with Gasteiger partial charge >= 0.3 is 0 Å². The first-order valence-electron chi connectivity index (χ1n) is 40.4. The molecule has 618 valence electrons. The SMILES string of the molecule is CC(C)c1ccccn1.CC(C)c1cccnc1C(C)C.CC(C)c1nc2c(F)cccc2n1C.CC(C)c1nc2cc(F)ccc2n1C.CC(C)c1nc2cccc(F)c2n1C.CC(C)c1nc2ccccc2[nH]1.CC(C)c1nc2ccccc2n1C.CC(C)c1ncccc1Cl.CC(C)c1nccs1.Cc1cccnc1C(C)C. The van der Waals surface area contributed by atoms with Gasteiger partial charge in [0.05, 0.1) is 59.9 Å². The van der Waals surface area contributed by atoms with Gasteiger partial charge in [0, 0.05) is 123 Å². The summed E-state index contributed by atoms with van der Waals surface area (Å²) in [5.41, 5.74) is 16.1. The Kier molecular flexibility index (Phi) is 37.4. The van der Waals surface area contributed by atoms with E-state index < -0.39 is 0 Å². The Labute approximate surface area is 697 Å². The van der Waals surface area contributed by atoms with Crippen molar-refractivity contribution < 1.29 is 13.2 Å². The molecule has 0 saturated heterocycles. The van der Waals surface area contributed by atoms with E-state index in [1.807, 2.05) is 156 Å². The van der Waals surface area contributed by atoms with E-state index in [-0.39, 0.29) is 17.5 Å². The van der Waals surface area contributed by atoms with Crippen LogP contribution in [0.4, 0.5) is 13.2 Å². The van der Waals surface area contributed by atoms with Crippen LogP contribution in [0.1, 0.15) is 285 Å². The number of aryl methyl sites for hydroxylation is 5. The maximum atomic E-state index is 13.5. The fourth-order valence-corrected chi connectivity index (χ4v) is 13.7. The van der Waals surface area contributed by atoms with E-state index in [1.165, 1.54) is 57.3 Å². The van der Waals surface area contributed by atoms with Crippen LogP contribution in [0.15, 0.2) is 194 Å². The van der Waals surface area contributed by atoms with Crippen LogP contribution in [-0.4, -0.2) is 73.1 Å². The van der Waals surface area contributed by atoms with Gasteiger partial charge in [-0.15, -0.1) is 11.3 Å². The predicted molar refractivity (Wildman–Crippen MR) is 483 cm³/mol. The standard InChI is InChI=1S/3C11H13FN2.C11H14N2.C11H17N.C10H12N2.C9H13N.C8H10ClN.C8H11N.C6H9NS/c1-7(2)11-13-9-6-8(12)4-5-10(9)14(11)3;1-7(2)11-13-10-8(12)5-4-6-9(10)14(11)3;1-7(2)11-13-9-6-4-5-8(12)10(9)14(11)3;1-8(2)11-12-9-6-4-5-7-10(9)13(11)3;1-8(2)10-6-5-7-12-11(10)9(3)4;1-7(2)10-11-8-5-3-4-6-9(8)12-10;1-7(2)9-8(3)5-4-6-10-9;1-6(2)8-7(9)4-3-5-10-8;1-7(2)8-5-3-4-6-9-8;1-5(2)6-7-3-4-8-6/h3*4-7H,1-3H3;4-8H,1-3H3;5-9H,1-4H3;3-7H,1-2H3,(H,11,12);4-7H,1-3H3;3-6H,1-2H3;3-7H,1-2H3;3-5H,1-2H3. The summed E-state index contributed by atoms with van der Waals surface area (Å²) in [6, 6.07) is 49.0. The Bertz CT molecular complexity index is 5300. The fraction of sp³-hybridized carbons (Fsp3) is 0.396. The van der Waals surface area contributed by atoms with Crippen LogP contribution in [0.2, 0.25) is 5.02 Å². The second-order valence-corrected chi connectivity index (χ2v) is 33.3. The maximum Gasteiger partial charge on any atom is 0.151 e. The van der Waals surface area contributed by atoms with Gasteiger partial charge in [-0.3, -0.25) is 19.9 Å². The van der Waals surface area contributed by atoms with Gasteiger partial charge in [0.25, 0.3) is 0 Å². The van der Waals surface area contributed by atoms with Crippen molar-refractivity contribution in [3.63, 3.8) is 0 Å². The Morgan fingerprint density at radius 2 is 0.836 bits per heavy atom. The summed E-state index contributed by atoms with van der Waals surface area (Å²) in [5, 5.41) is 4.00. The van der Waals surface area contributed by atoms with Crippen LogP contribution in [0, 0.1) is 24.4 Å². The molecule has 5 aromatic carbocycles. The number of aromatic amines is 1. The lowest BCUT2D eigenvalue weighted by Gasteiger charge is -2.13. The monoisotopic (exact) mass is 1610 g/mol. The first kappa shape index (κ1) is 94.6. The zero-order chi connectivity index (χ0) is 85.8. The molecule has 0 radical (unpaired) electrons. The van der Waals surface area contributed by atoms with Crippen LogP contribution in [0.25, 0.3) is 55.2 Å². The lowest BCUT2D eigenvalue weighted by Crippen LogP contribution is -2.00. The molecule has 15 aromatic rings. The summed E-state index contributed by atoms with van der Waals surface area (Å²) < 4.78 is 47.7. The normalized spacial score (nSPS) is 11.1. The number of aromatic nitrogens is 15. The molecule has 1 N–H and O–H groups in total. The highest BCUT2D eigenvalue weighted by Crippen LogP contribution is 2.28. The van der Waals surface area contributed by atoms with Crippen LogP contribution in [0.5, 0.6) is 0 Å². The number of H-pyrrole nitrogens is 1. The van der Waals surface area contributed by atoms with Crippen LogP contribution in [-0.2, 0) is 28.2 Å². The number of fused-ring (bicyclic) bond motifs is 5. The van der Waals surface area contributed by atoms with E-state index in [1.54, 1.807) is 35.7 Å². The summed E-state index contributed by atoms with van der Waals surface area (Å²) in [6.45, 7) is 49.0. The van der Waals surface area contributed by atoms with Gasteiger partial charge in [-0.25, -0.2) is 43.1 Å². The molecule has 0 fully saturated rings. The Morgan fingerprint density at radius 1 is 0.353 bits per heavy atom. The van der Waals surface area contributed by atoms with Gasteiger partial charge in [0.1, 0.15) is 51.8 Å². The molecule has 15 rings (SSSR count). The van der Waals surface area contributed by atoms with Crippen molar-refractivity contribution in [2.75, 3.05) is 0 Å². The number of halogens is 4. The smallest absolute Gasteiger partial charge is 0.151 e. The first-order chi connectivity index (χ1) is 54.9. The van der Waals surface area contributed by atoms with E-state index in [0.29, 0.717) is 76.1 Å². The lowest BCUT2D eigenvalue weighted by atomic mass is 9.96. The summed E-state index contributed by atoms with van der Waals surface area (Å²) in [5.74, 6) is 9.51. The number of hydrogen-bond donors (Lipinski definition) is 1. The van der Waals surface area contributed by atoms with Gasteiger partial charge in [-0.05, 0) is 145 Å². The van der Waals surface area contributed by atoms with Gasteiger partial charge in [-0.2, -0.15) is 0 Å². The molecule has 0 bridgehead atoms. The Hall–Kier alpha value is -10.2. The van der Waals surface area contributed by atoms with Gasteiger partial charge in [0.2, 0.25) is 0 Å². The van der Waals surface area contributed by atoms with E-state index in [4.69, 9.17) is 11.6 Å². The number of nitrogens with one attached hydrogen (secondary N) is 1. The molecule has 0 aliphatic heterocycles. The summed E-state index contributed by atoms with van der Waals surface area (Å²) >= 11 is 7.58. The molecule has 0 aliphatic carbocycles. The maximum absolute atomic E-state index is 13.5. The Balaban J connectivity index is 0.000000201. The molecule has 0 saturated carbocycles. The highest BCUT2D eigenvalue weighted by atomic mass is 35.5. The average molecular weight is 1610 g/mol. The van der Waals surface area contributed by atoms with E-state index >= 15 is 0 Å². The minimum atomic E-state index is -0.245. The molecular weight excluding hydrogens is 1490 g/mol. The second kappa shape index (κ2) is 45.9. The predicted octanol–water partition coefficient (Wildman–Crippen LogP) is 27.1. The molecule has 0 aliphatic rings. The summed E-state index contributed by atoms with van der Waals surface area (Å²) in [7, 11) is 7.81. The quantitative estimate of drug-likeness (QED) is 0.132. The van der Waals surface area contributed by atoms with E-state index in [9.17, 15) is 13.2 Å². The minimum Gasteiger partial charge on any atom is -0.342 e. The molecule has 116 heavy (non-hydrogen) atoms. The number of para-hydroxylation sites is 6. The fourth-order valence-electron chi connectivity index (χ4n) is 12.7. The lowest BCUT2D eigenvalue weighted by molar-refractivity contribution is 0.627. The third-order valence-electron chi connectivity index (χ3n) is 18.7. The third-order valence-corrected chi connectivity index (χ3v) is 20.1.